The average molecular weight is 265 g/mol. The van der Waals surface area contributed by atoms with Crippen LogP contribution in [0.1, 0.15) is 76.3 Å². The van der Waals surface area contributed by atoms with E-state index in [1.807, 2.05) is 6.07 Å². The first kappa shape index (κ1) is 16.2. The molecule has 0 spiro atoms. The summed E-state index contributed by atoms with van der Waals surface area (Å²) < 4.78 is 13.1. The van der Waals surface area contributed by atoms with Gasteiger partial charge in [-0.3, -0.25) is 0 Å². The van der Waals surface area contributed by atoms with Gasteiger partial charge in [0.25, 0.3) is 0 Å². The lowest BCUT2D eigenvalue weighted by molar-refractivity contribution is 0.534. The summed E-state index contributed by atoms with van der Waals surface area (Å²) in [5.74, 6) is -0.191. The number of benzene rings is 1. The molecule has 0 saturated carbocycles. The molecule has 1 atom stereocenters. The summed E-state index contributed by atoms with van der Waals surface area (Å²) >= 11 is 0. The molecule has 19 heavy (non-hydrogen) atoms. The molecule has 0 aliphatic carbocycles. The molecule has 2 N–H and O–H groups in total. The van der Waals surface area contributed by atoms with Crippen LogP contribution in [0.3, 0.4) is 0 Å². The van der Waals surface area contributed by atoms with Gasteiger partial charge in [0, 0.05) is 6.04 Å². The molecule has 0 bridgehead atoms. The molecule has 1 rings (SSSR count). The topological polar surface area (TPSA) is 26.0 Å². The summed E-state index contributed by atoms with van der Waals surface area (Å²) in [6.07, 6.45) is 11.4. The predicted molar refractivity (Wildman–Crippen MR) is 80.6 cm³/mol. The monoisotopic (exact) mass is 265 g/mol. The zero-order valence-electron chi connectivity index (χ0n) is 12.2. The van der Waals surface area contributed by atoms with Crippen molar-refractivity contribution in [2.24, 2.45) is 5.73 Å². The second-order valence-corrected chi connectivity index (χ2v) is 5.43. The van der Waals surface area contributed by atoms with Gasteiger partial charge in [-0.1, -0.05) is 70.4 Å². The van der Waals surface area contributed by atoms with Crippen LogP contribution in [0.25, 0.3) is 0 Å². The first-order valence-electron chi connectivity index (χ1n) is 7.75. The fraction of sp³-hybridized carbons (Fsp3) is 0.647. The van der Waals surface area contributed by atoms with E-state index in [0.717, 1.165) is 18.4 Å². The maximum Gasteiger partial charge on any atom is 0.123 e. The smallest absolute Gasteiger partial charge is 0.123 e. The van der Waals surface area contributed by atoms with Gasteiger partial charge < -0.3 is 5.73 Å². The molecule has 0 heterocycles. The Morgan fingerprint density at radius 1 is 1.00 bits per heavy atom. The van der Waals surface area contributed by atoms with Crippen molar-refractivity contribution in [1.29, 1.82) is 0 Å². The minimum Gasteiger partial charge on any atom is -0.324 e. The molecule has 0 aromatic heterocycles. The third-order valence-electron chi connectivity index (χ3n) is 3.65. The Hall–Kier alpha value is -0.890. The van der Waals surface area contributed by atoms with Crippen molar-refractivity contribution in [1.82, 2.24) is 0 Å². The molecule has 0 fully saturated rings. The van der Waals surface area contributed by atoms with E-state index in [1.54, 1.807) is 12.1 Å². The van der Waals surface area contributed by atoms with Crippen LogP contribution in [0.15, 0.2) is 24.3 Å². The number of hydrogen-bond acceptors (Lipinski definition) is 1. The Morgan fingerprint density at radius 3 is 2.26 bits per heavy atom. The summed E-state index contributed by atoms with van der Waals surface area (Å²) in [6, 6.07) is 6.65. The fourth-order valence-corrected chi connectivity index (χ4v) is 2.40. The van der Waals surface area contributed by atoms with E-state index < -0.39 is 0 Å². The van der Waals surface area contributed by atoms with Gasteiger partial charge in [-0.15, -0.1) is 0 Å². The van der Waals surface area contributed by atoms with Gasteiger partial charge in [-0.25, -0.2) is 4.39 Å². The summed E-state index contributed by atoms with van der Waals surface area (Å²) in [7, 11) is 0. The molecule has 0 radical (unpaired) electrons. The fourth-order valence-electron chi connectivity index (χ4n) is 2.40. The Labute approximate surface area is 117 Å². The molecule has 1 aromatic carbocycles. The Balaban J connectivity index is 2.06. The summed E-state index contributed by atoms with van der Waals surface area (Å²) in [4.78, 5) is 0. The van der Waals surface area contributed by atoms with Gasteiger partial charge in [0.05, 0.1) is 0 Å². The van der Waals surface area contributed by atoms with E-state index in [9.17, 15) is 4.39 Å². The molecule has 0 aliphatic heterocycles. The van der Waals surface area contributed by atoms with Crippen LogP contribution < -0.4 is 5.73 Å². The third-order valence-corrected chi connectivity index (χ3v) is 3.65. The predicted octanol–water partition coefficient (Wildman–Crippen LogP) is 5.36. The molecule has 0 aliphatic rings. The van der Waals surface area contributed by atoms with Gasteiger partial charge >= 0.3 is 0 Å². The number of nitrogens with two attached hydrogens (primary N) is 1. The largest absolute Gasteiger partial charge is 0.324 e. The standard InChI is InChI=1S/C17H28FN/c1-2-3-4-5-6-7-8-9-13-17(19)15-11-10-12-16(18)14-15/h10-12,14,17H,2-9,13,19H2,1H3. The van der Waals surface area contributed by atoms with E-state index in [2.05, 4.69) is 6.92 Å². The maximum absolute atomic E-state index is 13.1. The van der Waals surface area contributed by atoms with Gasteiger partial charge in [0.2, 0.25) is 0 Å². The Kier molecular flexibility index (Phi) is 8.48. The zero-order chi connectivity index (χ0) is 13.9. The number of hydrogen-bond donors (Lipinski definition) is 1. The lowest BCUT2D eigenvalue weighted by Crippen LogP contribution is -2.10. The van der Waals surface area contributed by atoms with Crippen molar-refractivity contribution in [3.8, 4) is 0 Å². The minimum absolute atomic E-state index is 0.0178. The summed E-state index contributed by atoms with van der Waals surface area (Å²) in [6.45, 7) is 2.24. The van der Waals surface area contributed by atoms with Crippen molar-refractivity contribution >= 4 is 0 Å². The summed E-state index contributed by atoms with van der Waals surface area (Å²) in [5, 5.41) is 0. The van der Waals surface area contributed by atoms with Gasteiger partial charge in [0.1, 0.15) is 5.82 Å². The SMILES string of the molecule is CCCCCCCCCCC(N)c1cccc(F)c1. The van der Waals surface area contributed by atoms with Gasteiger partial charge in [-0.05, 0) is 24.1 Å². The van der Waals surface area contributed by atoms with Crippen molar-refractivity contribution in [3.05, 3.63) is 35.6 Å². The highest BCUT2D eigenvalue weighted by Gasteiger charge is 2.06. The Bertz CT molecular complexity index is 338. The van der Waals surface area contributed by atoms with E-state index in [4.69, 9.17) is 5.73 Å². The molecule has 0 saturated heterocycles. The van der Waals surface area contributed by atoms with Crippen molar-refractivity contribution in [2.45, 2.75) is 70.8 Å². The van der Waals surface area contributed by atoms with Crippen LogP contribution in [0.2, 0.25) is 0 Å². The first-order valence-corrected chi connectivity index (χ1v) is 7.75. The lowest BCUT2D eigenvalue weighted by atomic mass is 10.00. The van der Waals surface area contributed by atoms with E-state index in [1.165, 1.54) is 51.0 Å². The highest BCUT2D eigenvalue weighted by molar-refractivity contribution is 5.19. The second-order valence-electron chi connectivity index (χ2n) is 5.43. The number of halogens is 1. The maximum atomic E-state index is 13.1. The molecular weight excluding hydrogens is 237 g/mol. The molecular formula is C17H28FN. The van der Waals surface area contributed by atoms with Crippen LogP contribution in [-0.4, -0.2) is 0 Å². The van der Waals surface area contributed by atoms with Crippen LogP contribution in [0.4, 0.5) is 4.39 Å². The number of unbranched alkanes of at least 4 members (excludes halogenated alkanes) is 7. The van der Waals surface area contributed by atoms with Crippen molar-refractivity contribution in [2.75, 3.05) is 0 Å². The van der Waals surface area contributed by atoms with E-state index in [0.29, 0.717) is 0 Å². The molecule has 0 amide bonds. The highest BCUT2D eigenvalue weighted by atomic mass is 19.1. The third kappa shape index (κ3) is 7.31. The van der Waals surface area contributed by atoms with Gasteiger partial charge in [0.15, 0.2) is 0 Å². The molecule has 1 aromatic rings. The van der Waals surface area contributed by atoms with Crippen LogP contribution in [0.5, 0.6) is 0 Å². The van der Waals surface area contributed by atoms with E-state index >= 15 is 0 Å². The highest BCUT2D eigenvalue weighted by Crippen LogP contribution is 2.19. The van der Waals surface area contributed by atoms with Crippen molar-refractivity contribution < 1.29 is 4.39 Å². The summed E-state index contributed by atoms with van der Waals surface area (Å²) in [5.41, 5.74) is 7.00. The Morgan fingerprint density at radius 2 is 1.63 bits per heavy atom. The average Bonchev–Trinajstić information content (AvgIpc) is 2.41. The molecule has 1 unspecified atom stereocenters. The first-order chi connectivity index (χ1) is 9.24. The molecule has 1 nitrogen and oxygen atoms in total. The quantitative estimate of drug-likeness (QED) is 0.566. The minimum atomic E-state index is -0.191. The van der Waals surface area contributed by atoms with Crippen LogP contribution >= 0.6 is 0 Å². The lowest BCUT2D eigenvalue weighted by Gasteiger charge is -2.11. The molecule has 2 heteroatoms. The van der Waals surface area contributed by atoms with Crippen molar-refractivity contribution in [3.63, 3.8) is 0 Å². The van der Waals surface area contributed by atoms with Crippen LogP contribution in [0, 0.1) is 5.82 Å². The second kappa shape index (κ2) is 9.96. The zero-order valence-corrected chi connectivity index (χ0v) is 12.2. The number of rotatable bonds is 10. The van der Waals surface area contributed by atoms with E-state index in [-0.39, 0.29) is 11.9 Å². The van der Waals surface area contributed by atoms with Gasteiger partial charge in [-0.2, -0.15) is 0 Å². The molecule has 108 valence electrons. The normalized spacial score (nSPS) is 12.6. The van der Waals surface area contributed by atoms with Crippen LogP contribution in [-0.2, 0) is 0 Å².